The molecule has 0 saturated heterocycles. The summed E-state index contributed by atoms with van der Waals surface area (Å²) in [4.78, 5) is 14.4. The third-order valence-electron chi connectivity index (χ3n) is 4.11. The Morgan fingerprint density at radius 2 is 1.54 bits per heavy atom. The van der Waals surface area contributed by atoms with E-state index in [4.69, 9.17) is 0 Å². The lowest BCUT2D eigenvalue weighted by molar-refractivity contribution is -0.122. The first-order chi connectivity index (χ1) is 11.6. The normalized spacial score (nSPS) is 11.0. The van der Waals surface area contributed by atoms with Crippen LogP contribution in [-0.4, -0.2) is 29.9 Å². The summed E-state index contributed by atoms with van der Waals surface area (Å²) in [6.45, 7) is 6.23. The minimum atomic E-state index is 0.104. The first-order valence-corrected chi connectivity index (χ1v) is 8.74. The van der Waals surface area contributed by atoms with Gasteiger partial charge in [0, 0.05) is 19.1 Å². The van der Waals surface area contributed by atoms with Crippen LogP contribution in [0.3, 0.4) is 0 Å². The number of hydrogen-bond donors (Lipinski definition) is 1. The third kappa shape index (κ3) is 6.55. The molecule has 0 aliphatic carbocycles. The number of benzene rings is 2. The second kappa shape index (κ2) is 9.89. The SMILES string of the molecule is CC(C)N(CC(=O)NCCCc1ccccc1)Cc1ccccc1. The quantitative estimate of drug-likeness (QED) is 0.714. The predicted octanol–water partition coefficient (Wildman–Crippen LogP) is 3.65. The molecule has 0 bridgehead atoms. The van der Waals surface area contributed by atoms with Crippen molar-refractivity contribution in [3.63, 3.8) is 0 Å². The lowest BCUT2D eigenvalue weighted by Crippen LogP contribution is -2.40. The Bertz CT molecular complexity index is 596. The van der Waals surface area contributed by atoms with E-state index in [9.17, 15) is 4.79 Å². The van der Waals surface area contributed by atoms with Crippen molar-refractivity contribution >= 4 is 5.91 Å². The molecule has 0 fully saturated rings. The van der Waals surface area contributed by atoms with Gasteiger partial charge in [-0.2, -0.15) is 0 Å². The lowest BCUT2D eigenvalue weighted by atomic mass is 10.1. The van der Waals surface area contributed by atoms with Crippen molar-refractivity contribution in [1.82, 2.24) is 10.2 Å². The Morgan fingerprint density at radius 1 is 0.958 bits per heavy atom. The average Bonchev–Trinajstić information content (AvgIpc) is 2.60. The first kappa shape index (κ1) is 18.2. The smallest absolute Gasteiger partial charge is 0.234 e. The molecule has 3 nitrogen and oxygen atoms in total. The molecular weight excluding hydrogens is 296 g/mol. The highest BCUT2D eigenvalue weighted by atomic mass is 16.2. The van der Waals surface area contributed by atoms with E-state index in [1.807, 2.05) is 24.3 Å². The monoisotopic (exact) mass is 324 g/mol. The number of aryl methyl sites for hydroxylation is 1. The second-order valence-corrected chi connectivity index (χ2v) is 6.42. The van der Waals surface area contributed by atoms with Crippen LogP contribution in [0.15, 0.2) is 60.7 Å². The van der Waals surface area contributed by atoms with Gasteiger partial charge in [-0.3, -0.25) is 9.69 Å². The zero-order valence-electron chi connectivity index (χ0n) is 14.7. The summed E-state index contributed by atoms with van der Waals surface area (Å²) in [6, 6.07) is 21.0. The maximum atomic E-state index is 12.2. The van der Waals surface area contributed by atoms with Crippen molar-refractivity contribution in [2.75, 3.05) is 13.1 Å². The second-order valence-electron chi connectivity index (χ2n) is 6.42. The molecule has 128 valence electrons. The van der Waals surface area contributed by atoms with E-state index in [2.05, 4.69) is 60.5 Å². The summed E-state index contributed by atoms with van der Waals surface area (Å²) in [6.07, 6.45) is 1.97. The Labute approximate surface area is 145 Å². The molecule has 0 spiro atoms. The van der Waals surface area contributed by atoms with Gasteiger partial charge >= 0.3 is 0 Å². The van der Waals surface area contributed by atoms with E-state index in [-0.39, 0.29) is 5.91 Å². The van der Waals surface area contributed by atoms with Gasteiger partial charge in [-0.25, -0.2) is 0 Å². The van der Waals surface area contributed by atoms with Gasteiger partial charge in [0.15, 0.2) is 0 Å². The fraction of sp³-hybridized carbons (Fsp3) is 0.381. The predicted molar refractivity (Wildman–Crippen MR) is 99.8 cm³/mol. The van der Waals surface area contributed by atoms with Crippen molar-refractivity contribution in [2.45, 2.75) is 39.3 Å². The topological polar surface area (TPSA) is 32.3 Å². The van der Waals surface area contributed by atoms with Crippen LogP contribution >= 0.6 is 0 Å². The molecule has 0 aliphatic rings. The van der Waals surface area contributed by atoms with Crippen molar-refractivity contribution < 1.29 is 4.79 Å². The summed E-state index contributed by atoms with van der Waals surface area (Å²) in [7, 11) is 0. The number of amides is 1. The molecule has 0 heterocycles. The molecule has 0 radical (unpaired) electrons. The van der Waals surface area contributed by atoms with Gasteiger partial charge in [-0.1, -0.05) is 60.7 Å². The van der Waals surface area contributed by atoms with Crippen LogP contribution in [-0.2, 0) is 17.8 Å². The lowest BCUT2D eigenvalue weighted by Gasteiger charge is -2.25. The van der Waals surface area contributed by atoms with Crippen LogP contribution < -0.4 is 5.32 Å². The maximum Gasteiger partial charge on any atom is 0.234 e. The molecule has 0 aromatic heterocycles. The van der Waals surface area contributed by atoms with Gasteiger partial charge < -0.3 is 5.32 Å². The van der Waals surface area contributed by atoms with E-state index in [1.54, 1.807) is 0 Å². The number of rotatable bonds is 9. The largest absolute Gasteiger partial charge is 0.355 e. The third-order valence-corrected chi connectivity index (χ3v) is 4.11. The van der Waals surface area contributed by atoms with Crippen molar-refractivity contribution in [3.05, 3.63) is 71.8 Å². The summed E-state index contributed by atoms with van der Waals surface area (Å²) in [5.74, 6) is 0.104. The Kier molecular flexibility index (Phi) is 7.50. The highest BCUT2D eigenvalue weighted by Crippen LogP contribution is 2.07. The molecule has 0 saturated carbocycles. The molecule has 2 aromatic carbocycles. The van der Waals surface area contributed by atoms with Gasteiger partial charge in [0.2, 0.25) is 5.91 Å². The molecule has 0 unspecified atom stereocenters. The molecule has 3 heteroatoms. The van der Waals surface area contributed by atoms with E-state index >= 15 is 0 Å². The number of nitrogens with zero attached hydrogens (tertiary/aromatic N) is 1. The summed E-state index contributed by atoms with van der Waals surface area (Å²) >= 11 is 0. The van der Waals surface area contributed by atoms with Crippen LogP contribution in [0.2, 0.25) is 0 Å². The van der Waals surface area contributed by atoms with E-state index in [0.29, 0.717) is 12.6 Å². The number of carbonyl (C=O) groups is 1. The molecule has 0 aliphatic heterocycles. The van der Waals surface area contributed by atoms with Crippen LogP contribution in [0.4, 0.5) is 0 Å². The standard InChI is InChI=1S/C21H28N2O/c1-18(2)23(16-20-12-7-4-8-13-20)17-21(24)22-15-9-14-19-10-5-3-6-11-19/h3-8,10-13,18H,9,14-17H2,1-2H3,(H,22,24). The highest BCUT2D eigenvalue weighted by molar-refractivity contribution is 5.78. The fourth-order valence-corrected chi connectivity index (χ4v) is 2.64. The highest BCUT2D eigenvalue weighted by Gasteiger charge is 2.14. The van der Waals surface area contributed by atoms with Crippen LogP contribution in [0, 0.1) is 0 Å². The number of carbonyl (C=O) groups excluding carboxylic acids is 1. The average molecular weight is 324 g/mol. The fourth-order valence-electron chi connectivity index (χ4n) is 2.64. The van der Waals surface area contributed by atoms with Crippen LogP contribution in [0.5, 0.6) is 0 Å². The number of nitrogens with one attached hydrogen (secondary N) is 1. The van der Waals surface area contributed by atoms with Gasteiger partial charge in [0.1, 0.15) is 0 Å². The van der Waals surface area contributed by atoms with E-state index in [0.717, 1.165) is 25.9 Å². The Morgan fingerprint density at radius 3 is 2.12 bits per heavy atom. The summed E-state index contributed by atoms with van der Waals surface area (Å²) < 4.78 is 0. The summed E-state index contributed by atoms with van der Waals surface area (Å²) in [5.41, 5.74) is 2.56. The molecule has 24 heavy (non-hydrogen) atoms. The minimum Gasteiger partial charge on any atom is -0.355 e. The first-order valence-electron chi connectivity index (χ1n) is 8.74. The summed E-state index contributed by atoms with van der Waals surface area (Å²) in [5, 5.41) is 3.04. The van der Waals surface area contributed by atoms with Gasteiger partial charge in [0.05, 0.1) is 6.54 Å². The van der Waals surface area contributed by atoms with Gasteiger partial charge in [-0.05, 0) is 37.8 Å². The van der Waals surface area contributed by atoms with E-state index in [1.165, 1.54) is 11.1 Å². The van der Waals surface area contributed by atoms with Crippen molar-refractivity contribution in [1.29, 1.82) is 0 Å². The molecule has 2 rings (SSSR count). The Balaban J connectivity index is 1.72. The Hall–Kier alpha value is -2.13. The molecular formula is C21H28N2O. The van der Waals surface area contributed by atoms with Crippen LogP contribution in [0.1, 0.15) is 31.4 Å². The molecule has 0 atom stereocenters. The zero-order valence-corrected chi connectivity index (χ0v) is 14.7. The van der Waals surface area contributed by atoms with Crippen molar-refractivity contribution in [3.8, 4) is 0 Å². The van der Waals surface area contributed by atoms with Crippen molar-refractivity contribution in [2.24, 2.45) is 0 Å². The molecule has 1 amide bonds. The molecule has 2 aromatic rings. The van der Waals surface area contributed by atoms with Crippen LogP contribution in [0.25, 0.3) is 0 Å². The zero-order chi connectivity index (χ0) is 17.2. The van der Waals surface area contributed by atoms with E-state index < -0.39 is 0 Å². The van der Waals surface area contributed by atoms with Gasteiger partial charge in [0.25, 0.3) is 0 Å². The maximum absolute atomic E-state index is 12.2. The minimum absolute atomic E-state index is 0.104. The number of hydrogen-bond acceptors (Lipinski definition) is 2. The van der Waals surface area contributed by atoms with Gasteiger partial charge in [-0.15, -0.1) is 0 Å². The molecule has 1 N–H and O–H groups in total.